The Morgan fingerprint density at radius 3 is 2.15 bits per heavy atom. The third-order valence-electron chi connectivity index (χ3n) is 4.59. The minimum absolute atomic E-state index is 0.119. The van der Waals surface area contributed by atoms with Gasteiger partial charge in [0.2, 0.25) is 5.91 Å². The monoisotopic (exact) mass is 345 g/mol. The third-order valence-corrected chi connectivity index (χ3v) is 4.59. The van der Waals surface area contributed by atoms with Crippen LogP contribution in [0.5, 0.6) is 0 Å². The molecule has 0 radical (unpaired) electrons. The molecule has 1 N–H and O–H groups in total. The first-order valence-corrected chi connectivity index (χ1v) is 8.63. The van der Waals surface area contributed by atoms with Crippen LogP contribution in [-0.4, -0.2) is 22.2 Å². The molecule has 0 aliphatic carbocycles. The molecule has 4 heteroatoms. The number of hydrogen-bond donors (Lipinski definition) is 1. The van der Waals surface area contributed by atoms with Gasteiger partial charge in [-0.1, -0.05) is 60.7 Å². The van der Waals surface area contributed by atoms with Gasteiger partial charge < -0.3 is 5.32 Å². The van der Waals surface area contributed by atoms with E-state index in [0.717, 1.165) is 5.56 Å². The van der Waals surface area contributed by atoms with Crippen LogP contribution in [0.3, 0.4) is 0 Å². The summed E-state index contributed by atoms with van der Waals surface area (Å²) in [7, 11) is 1.85. The molecule has 4 nitrogen and oxygen atoms in total. The normalized spacial score (nSPS) is 11.6. The van der Waals surface area contributed by atoms with E-state index in [0.29, 0.717) is 6.54 Å². The first kappa shape index (κ1) is 17.7. The highest BCUT2D eigenvalue weighted by molar-refractivity contribution is 5.91. The first-order valence-electron chi connectivity index (χ1n) is 8.63. The lowest BCUT2D eigenvalue weighted by molar-refractivity contribution is -0.116. The van der Waals surface area contributed by atoms with Crippen molar-refractivity contribution < 1.29 is 4.79 Å². The van der Waals surface area contributed by atoms with Crippen LogP contribution in [-0.2, 0) is 17.3 Å². The molecule has 1 aromatic heterocycles. The van der Waals surface area contributed by atoms with Crippen molar-refractivity contribution in [3.8, 4) is 0 Å². The molecule has 1 heterocycles. The van der Waals surface area contributed by atoms with E-state index in [2.05, 4.69) is 41.6 Å². The summed E-state index contributed by atoms with van der Waals surface area (Å²) in [5.74, 6) is -0.119. The third kappa shape index (κ3) is 4.09. The van der Waals surface area contributed by atoms with Gasteiger partial charge in [-0.3, -0.25) is 9.48 Å². The number of carbonyl (C=O) groups is 1. The van der Waals surface area contributed by atoms with Gasteiger partial charge in [0.1, 0.15) is 0 Å². The van der Waals surface area contributed by atoms with E-state index in [1.165, 1.54) is 11.1 Å². The minimum atomic E-state index is -0.305. The fourth-order valence-electron chi connectivity index (χ4n) is 3.00. The van der Waals surface area contributed by atoms with Gasteiger partial charge in [0.15, 0.2) is 0 Å². The highest BCUT2D eigenvalue weighted by Crippen LogP contribution is 2.31. The summed E-state index contributed by atoms with van der Waals surface area (Å²) in [4.78, 5) is 12.3. The Bertz CT molecular complexity index is 843. The first-order chi connectivity index (χ1) is 12.6. The van der Waals surface area contributed by atoms with Gasteiger partial charge in [-0.2, -0.15) is 5.10 Å². The fourth-order valence-corrected chi connectivity index (χ4v) is 3.00. The van der Waals surface area contributed by atoms with Gasteiger partial charge in [-0.05, 0) is 24.1 Å². The van der Waals surface area contributed by atoms with Crippen molar-refractivity contribution >= 4 is 12.0 Å². The van der Waals surface area contributed by atoms with E-state index in [4.69, 9.17) is 0 Å². The quantitative estimate of drug-likeness (QED) is 0.695. The average molecular weight is 345 g/mol. The second-order valence-corrected chi connectivity index (χ2v) is 6.56. The van der Waals surface area contributed by atoms with E-state index in [1.54, 1.807) is 23.0 Å². The largest absolute Gasteiger partial charge is 0.351 e. The van der Waals surface area contributed by atoms with Gasteiger partial charge in [0.25, 0.3) is 0 Å². The summed E-state index contributed by atoms with van der Waals surface area (Å²) in [5, 5.41) is 7.14. The van der Waals surface area contributed by atoms with E-state index in [1.807, 2.05) is 49.6 Å². The Morgan fingerprint density at radius 1 is 1.08 bits per heavy atom. The molecule has 0 bridgehead atoms. The molecule has 0 saturated heterocycles. The number of benzene rings is 2. The smallest absolute Gasteiger partial charge is 0.244 e. The molecule has 132 valence electrons. The van der Waals surface area contributed by atoms with Crippen molar-refractivity contribution in [2.24, 2.45) is 7.05 Å². The summed E-state index contributed by atoms with van der Waals surface area (Å²) in [6.07, 6.45) is 6.90. The summed E-state index contributed by atoms with van der Waals surface area (Å²) in [6, 6.07) is 20.5. The fraction of sp³-hybridized carbons (Fsp3) is 0.182. The van der Waals surface area contributed by atoms with Gasteiger partial charge >= 0.3 is 0 Å². The summed E-state index contributed by atoms with van der Waals surface area (Å²) >= 11 is 0. The Hall–Kier alpha value is -3.14. The minimum Gasteiger partial charge on any atom is -0.351 e. The number of aromatic nitrogens is 2. The number of nitrogens with one attached hydrogen (secondary N) is 1. The van der Waals surface area contributed by atoms with Gasteiger partial charge in [0.05, 0.1) is 6.20 Å². The lowest BCUT2D eigenvalue weighted by Crippen LogP contribution is -2.39. The molecule has 3 aromatic rings. The molecule has 0 spiro atoms. The molecular formula is C22H23N3O. The molecule has 0 saturated carbocycles. The molecule has 3 rings (SSSR count). The number of nitrogens with zero attached hydrogens (tertiary/aromatic N) is 2. The van der Waals surface area contributed by atoms with Crippen LogP contribution in [0.1, 0.15) is 23.6 Å². The topological polar surface area (TPSA) is 46.9 Å². The Labute approximate surface area is 154 Å². The maximum atomic E-state index is 12.3. The van der Waals surface area contributed by atoms with Crippen molar-refractivity contribution in [1.82, 2.24) is 15.1 Å². The molecular weight excluding hydrogens is 322 g/mol. The molecule has 0 aliphatic heterocycles. The van der Waals surface area contributed by atoms with Crippen LogP contribution >= 0.6 is 0 Å². The van der Waals surface area contributed by atoms with Gasteiger partial charge in [0, 0.05) is 36.8 Å². The second-order valence-electron chi connectivity index (χ2n) is 6.56. The van der Waals surface area contributed by atoms with Crippen LogP contribution < -0.4 is 5.32 Å². The number of amides is 1. The molecule has 0 fully saturated rings. The highest BCUT2D eigenvalue weighted by Gasteiger charge is 2.28. The van der Waals surface area contributed by atoms with Crippen LogP contribution in [0.2, 0.25) is 0 Å². The van der Waals surface area contributed by atoms with Crippen molar-refractivity contribution in [3.63, 3.8) is 0 Å². The van der Waals surface area contributed by atoms with Crippen molar-refractivity contribution in [1.29, 1.82) is 0 Å². The standard InChI is InChI=1S/C22H23N3O/c1-22(19-9-5-3-6-10-19,20-11-7-4-8-12-20)17-23-21(26)14-13-18-15-24-25(2)16-18/h3-16H,17H2,1-2H3,(H,23,26)/b14-13+. The Morgan fingerprint density at radius 2 is 1.65 bits per heavy atom. The highest BCUT2D eigenvalue weighted by atomic mass is 16.1. The average Bonchev–Trinajstić information content (AvgIpc) is 3.11. The summed E-state index contributed by atoms with van der Waals surface area (Å²) in [6.45, 7) is 2.67. The summed E-state index contributed by atoms with van der Waals surface area (Å²) < 4.78 is 1.71. The maximum absolute atomic E-state index is 12.3. The van der Waals surface area contributed by atoms with E-state index in [9.17, 15) is 4.79 Å². The molecule has 26 heavy (non-hydrogen) atoms. The molecule has 2 aromatic carbocycles. The van der Waals surface area contributed by atoms with Crippen LogP contribution in [0.4, 0.5) is 0 Å². The Kier molecular flexibility index (Phi) is 5.32. The number of carbonyl (C=O) groups excluding carboxylic acids is 1. The second kappa shape index (κ2) is 7.83. The van der Waals surface area contributed by atoms with Crippen molar-refractivity contribution in [3.05, 3.63) is 95.8 Å². The van der Waals surface area contributed by atoms with E-state index >= 15 is 0 Å². The van der Waals surface area contributed by atoms with Crippen molar-refractivity contribution in [2.75, 3.05) is 6.54 Å². The lowest BCUT2D eigenvalue weighted by Gasteiger charge is -2.31. The zero-order valence-electron chi connectivity index (χ0n) is 15.1. The van der Waals surface area contributed by atoms with Gasteiger partial charge in [-0.15, -0.1) is 0 Å². The Balaban J connectivity index is 1.76. The molecule has 0 aliphatic rings. The molecule has 1 amide bonds. The number of aryl methyl sites for hydroxylation is 1. The van der Waals surface area contributed by atoms with E-state index in [-0.39, 0.29) is 11.3 Å². The van der Waals surface area contributed by atoms with Crippen LogP contribution in [0.15, 0.2) is 79.1 Å². The summed E-state index contributed by atoms with van der Waals surface area (Å²) in [5.41, 5.74) is 2.93. The van der Waals surface area contributed by atoms with Crippen LogP contribution in [0, 0.1) is 0 Å². The SMILES string of the molecule is Cn1cc(/C=C/C(=O)NCC(C)(c2ccccc2)c2ccccc2)cn1. The van der Waals surface area contributed by atoms with Crippen molar-refractivity contribution in [2.45, 2.75) is 12.3 Å². The number of rotatable bonds is 6. The predicted molar refractivity (Wildman–Crippen MR) is 105 cm³/mol. The van der Waals surface area contributed by atoms with Gasteiger partial charge in [-0.25, -0.2) is 0 Å². The predicted octanol–water partition coefficient (Wildman–Crippen LogP) is 3.56. The maximum Gasteiger partial charge on any atom is 0.244 e. The number of hydrogen-bond acceptors (Lipinski definition) is 2. The lowest BCUT2D eigenvalue weighted by atomic mass is 9.76. The molecule has 0 unspecified atom stereocenters. The zero-order chi connectivity index (χ0) is 18.4. The zero-order valence-corrected chi connectivity index (χ0v) is 15.1. The van der Waals surface area contributed by atoms with Crippen LogP contribution in [0.25, 0.3) is 6.08 Å². The van der Waals surface area contributed by atoms with E-state index < -0.39 is 0 Å². The molecule has 0 atom stereocenters.